The molecule has 0 bridgehead atoms. The van der Waals surface area contributed by atoms with Crippen molar-refractivity contribution in [1.29, 1.82) is 5.26 Å². The van der Waals surface area contributed by atoms with Crippen molar-refractivity contribution < 1.29 is 27.0 Å². The molecule has 8 heteroatoms. The van der Waals surface area contributed by atoms with Crippen LogP contribution in [0.4, 0.5) is 17.6 Å². The third kappa shape index (κ3) is 3.37. The van der Waals surface area contributed by atoms with Crippen LogP contribution in [0.25, 0.3) is 0 Å². The number of rotatable bonds is 4. The summed E-state index contributed by atoms with van der Waals surface area (Å²) in [5.74, 6) is -4.43. The molecular weight excluding hydrogens is 422 g/mol. The van der Waals surface area contributed by atoms with E-state index in [0.29, 0.717) is 23.1 Å². The third-order valence-corrected chi connectivity index (χ3v) is 6.15. The van der Waals surface area contributed by atoms with Crippen LogP contribution < -0.4 is 0 Å². The molecule has 0 unspecified atom stereocenters. The highest BCUT2D eigenvalue weighted by Gasteiger charge is 2.51. The molecule has 4 rings (SSSR count). The highest BCUT2D eigenvalue weighted by molar-refractivity contribution is 6.31. The Morgan fingerprint density at radius 3 is 2.67 bits per heavy atom. The molecule has 2 aliphatic rings. The molecule has 158 valence electrons. The Kier molecular flexibility index (Phi) is 5.52. The van der Waals surface area contributed by atoms with Gasteiger partial charge in [0.15, 0.2) is 6.10 Å². The molecule has 0 N–H and O–H groups in total. The van der Waals surface area contributed by atoms with Gasteiger partial charge >= 0.3 is 0 Å². The first kappa shape index (κ1) is 21.1. The molecule has 0 heterocycles. The predicted octanol–water partition coefficient (Wildman–Crippen LogP) is 6.14. The van der Waals surface area contributed by atoms with Crippen molar-refractivity contribution in [3.8, 4) is 6.07 Å². The smallest absolute Gasteiger partial charge is 0.282 e. The second kappa shape index (κ2) is 7.84. The summed E-state index contributed by atoms with van der Waals surface area (Å²) in [6.07, 6.45) is -3.18. The summed E-state index contributed by atoms with van der Waals surface area (Å²) >= 11 is 6.27. The van der Waals surface area contributed by atoms with E-state index in [9.17, 15) is 22.8 Å². The largest absolute Gasteiger partial charge is 0.359 e. The number of benzene rings is 2. The highest BCUT2D eigenvalue weighted by Crippen LogP contribution is 2.53. The van der Waals surface area contributed by atoms with Crippen LogP contribution in [-0.4, -0.2) is 19.8 Å². The van der Waals surface area contributed by atoms with E-state index in [4.69, 9.17) is 21.1 Å². The molecule has 0 aliphatic heterocycles. The zero-order valence-electron chi connectivity index (χ0n) is 16.0. The van der Waals surface area contributed by atoms with E-state index in [1.54, 1.807) is 6.07 Å². The molecule has 2 aromatic rings. The van der Waals surface area contributed by atoms with Crippen LogP contribution in [0.3, 0.4) is 0 Å². The zero-order valence-corrected chi connectivity index (χ0v) is 16.8. The Bertz CT molecular complexity index is 1040. The van der Waals surface area contributed by atoms with Gasteiger partial charge in [-0.2, -0.15) is 5.26 Å². The second-order valence-electron chi connectivity index (χ2n) is 7.59. The van der Waals surface area contributed by atoms with Gasteiger partial charge in [0.25, 0.3) is 5.92 Å². The van der Waals surface area contributed by atoms with Gasteiger partial charge in [-0.25, -0.2) is 17.6 Å². The van der Waals surface area contributed by atoms with Crippen LogP contribution in [0.15, 0.2) is 24.3 Å². The summed E-state index contributed by atoms with van der Waals surface area (Å²) in [4.78, 5) is 0. The molecule has 0 amide bonds. The highest BCUT2D eigenvalue weighted by atomic mass is 35.5. The lowest BCUT2D eigenvalue weighted by molar-refractivity contribution is -0.169. The van der Waals surface area contributed by atoms with E-state index in [1.165, 1.54) is 13.2 Å². The van der Waals surface area contributed by atoms with Crippen molar-refractivity contribution in [1.82, 2.24) is 0 Å². The monoisotopic (exact) mass is 439 g/mol. The number of methoxy groups -OCH3 is 1. The van der Waals surface area contributed by atoms with Crippen LogP contribution in [0.1, 0.15) is 64.4 Å². The molecule has 2 aliphatic carbocycles. The Balaban J connectivity index is 1.89. The molecule has 3 nitrogen and oxygen atoms in total. The third-order valence-electron chi connectivity index (χ3n) is 5.82. The van der Waals surface area contributed by atoms with E-state index in [0.717, 1.165) is 12.1 Å². The first-order valence-corrected chi connectivity index (χ1v) is 9.83. The number of ether oxygens (including phenoxy) is 2. The van der Waals surface area contributed by atoms with Gasteiger partial charge in [0, 0.05) is 30.0 Å². The van der Waals surface area contributed by atoms with Crippen LogP contribution in [0, 0.1) is 17.1 Å². The molecule has 3 atom stereocenters. The number of alkyl halides is 3. The lowest BCUT2D eigenvalue weighted by Crippen LogP contribution is -2.25. The minimum Gasteiger partial charge on any atom is -0.359 e. The van der Waals surface area contributed by atoms with E-state index >= 15 is 0 Å². The van der Waals surface area contributed by atoms with E-state index < -0.39 is 36.4 Å². The molecule has 0 saturated heterocycles. The Labute approximate surface area is 176 Å². The van der Waals surface area contributed by atoms with Gasteiger partial charge < -0.3 is 9.47 Å². The summed E-state index contributed by atoms with van der Waals surface area (Å²) in [6, 6.07) is 7.21. The predicted molar refractivity (Wildman–Crippen MR) is 102 cm³/mol. The Morgan fingerprint density at radius 2 is 1.97 bits per heavy atom. The summed E-state index contributed by atoms with van der Waals surface area (Å²) in [7, 11) is 1.33. The summed E-state index contributed by atoms with van der Waals surface area (Å²) < 4.78 is 68.1. The molecular formula is C22H18ClF4NO2. The minimum atomic E-state index is -3.21. The number of fused-ring (bicyclic) bond motifs is 2. The molecule has 0 saturated carbocycles. The summed E-state index contributed by atoms with van der Waals surface area (Å²) in [5.41, 5.74) is 1.51. The molecule has 0 fully saturated rings. The van der Waals surface area contributed by atoms with Crippen molar-refractivity contribution >= 4 is 11.6 Å². The second-order valence-corrected chi connectivity index (χ2v) is 7.99. The average molecular weight is 440 g/mol. The van der Waals surface area contributed by atoms with E-state index in [1.807, 2.05) is 6.07 Å². The number of hydrogen-bond donors (Lipinski definition) is 0. The van der Waals surface area contributed by atoms with Gasteiger partial charge in [-0.15, -0.1) is 0 Å². The van der Waals surface area contributed by atoms with Gasteiger partial charge in [0.2, 0.25) is 0 Å². The normalized spacial score (nSPS) is 24.2. The Hall–Kier alpha value is -2.14. The first-order chi connectivity index (χ1) is 14.3. The number of nitrogens with zero attached hydrogens (tertiary/aromatic N) is 1. The quantitative estimate of drug-likeness (QED) is 0.424. The topological polar surface area (TPSA) is 42.2 Å². The zero-order chi connectivity index (χ0) is 21.6. The SMILES string of the molecule is COCO[C@H]1c2c(Cl)ccc([C@H]3CC[C@H](F)c4cc(F)cc(C#N)c43)c2CC1(F)F. The molecule has 2 aromatic carbocycles. The van der Waals surface area contributed by atoms with Gasteiger partial charge in [-0.1, -0.05) is 17.7 Å². The first-order valence-electron chi connectivity index (χ1n) is 9.45. The summed E-state index contributed by atoms with van der Waals surface area (Å²) in [6.45, 7) is -0.325. The molecule has 30 heavy (non-hydrogen) atoms. The maximum atomic E-state index is 14.8. The van der Waals surface area contributed by atoms with Crippen LogP contribution in [0.2, 0.25) is 5.02 Å². The minimum absolute atomic E-state index is 0.0120. The standard InChI is InChI=1S/C22H18ClF4NO2/c1-29-10-30-21-20-16(8-22(21,26)27)13(2-4-17(20)23)14-3-5-18(25)15-7-12(24)6-11(9-28)19(14)15/h2,4,6-7,14,18,21H,3,5,8,10H2,1H3/t14-,18+,21+/m1/s1. The van der Waals surface area contributed by atoms with Gasteiger partial charge in [0.1, 0.15) is 18.8 Å². The fourth-order valence-corrected chi connectivity index (χ4v) is 4.92. The van der Waals surface area contributed by atoms with Crippen molar-refractivity contribution in [2.45, 2.75) is 43.4 Å². The fraction of sp³-hybridized carbons (Fsp3) is 0.409. The van der Waals surface area contributed by atoms with Crippen LogP contribution in [-0.2, 0) is 15.9 Å². The van der Waals surface area contributed by atoms with Crippen molar-refractivity contribution in [3.63, 3.8) is 0 Å². The fourth-order valence-electron chi connectivity index (χ4n) is 4.64. The maximum Gasteiger partial charge on any atom is 0.282 e. The van der Waals surface area contributed by atoms with E-state index in [2.05, 4.69) is 0 Å². The molecule has 0 spiro atoms. The lowest BCUT2D eigenvalue weighted by Gasteiger charge is -2.30. The van der Waals surface area contributed by atoms with E-state index in [-0.39, 0.29) is 34.9 Å². The van der Waals surface area contributed by atoms with Gasteiger partial charge in [-0.05, 0) is 53.3 Å². The van der Waals surface area contributed by atoms with Crippen LogP contribution in [0.5, 0.6) is 0 Å². The number of hydrogen-bond acceptors (Lipinski definition) is 3. The van der Waals surface area contributed by atoms with Crippen LogP contribution >= 0.6 is 11.6 Å². The molecule has 0 aromatic heterocycles. The number of nitriles is 1. The van der Waals surface area contributed by atoms with Gasteiger partial charge in [-0.3, -0.25) is 0 Å². The maximum absolute atomic E-state index is 14.8. The van der Waals surface area contributed by atoms with Gasteiger partial charge in [0.05, 0.1) is 11.6 Å². The summed E-state index contributed by atoms with van der Waals surface area (Å²) in [5, 5.41) is 9.66. The number of halogens is 5. The van der Waals surface area contributed by atoms with Crippen molar-refractivity contribution in [2.24, 2.45) is 0 Å². The molecule has 0 radical (unpaired) electrons. The van der Waals surface area contributed by atoms with Crippen molar-refractivity contribution in [2.75, 3.05) is 13.9 Å². The lowest BCUT2D eigenvalue weighted by atomic mass is 9.74. The average Bonchev–Trinajstić information content (AvgIpc) is 2.98. The van der Waals surface area contributed by atoms with Crippen molar-refractivity contribution in [3.05, 3.63) is 68.5 Å². The Morgan fingerprint density at radius 1 is 1.20 bits per heavy atom.